The number of carbonyl (C=O) groups is 1. The number of carbonyl (C=O) groups excluding carboxylic acids is 1. The highest BCUT2D eigenvalue weighted by Gasteiger charge is 2.20. The fourth-order valence-corrected chi connectivity index (χ4v) is 3.84. The number of nitrogens with one attached hydrogen (secondary N) is 1. The molecule has 0 radical (unpaired) electrons. The Kier molecular flexibility index (Phi) is 5.29. The van der Waals surface area contributed by atoms with Gasteiger partial charge in [0.1, 0.15) is 0 Å². The third-order valence-electron chi connectivity index (χ3n) is 5.24. The average Bonchev–Trinajstić information content (AvgIpc) is 2.73. The Labute approximate surface area is 160 Å². The van der Waals surface area contributed by atoms with Crippen LogP contribution >= 0.6 is 0 Å². The molecule has 3 aromatic rings. The maximum Gasteiger partial charge on any atom is 0.286 e. The summed E-state index contributed by atoms with van der Waals surface area (Å²) in [6.45, 7) is 0.337. The summed E-state index contributed by atoms with van der Waals surface area (Å²) >= 11 is 0. The topological polar surface area (TPSA) is 33.0 Å². The lowest BCUT2D eigenvalue weighted by Gasteiger charge is -2.19. The number of nitrogens with zero attached hydrogens (tertiary/aromatic N) is 1. The Morgan fingerprint density at radius 3 is 2.07 bits per heavy atom. The zero-order valence-electron chi connectivity index (χ0n) is 15.5. The van der Waals surface area contributed by atoms with Gasteiger partial charge in [0.15, 0.2) is 12.4 Å². The number of hydrogen-bond donors (Lipinski definition) is 1. The molecule has 3 nitrogen and oxygen atoms in total. The van der Waals surface area contributed by atoms with E-state index in [4.69, 9.17) is 0 Å². The number of aryl methyl sites for hydroxylation is 2. The molecular weight excluding hydrogens is 332 g/mol. The minimum absolute atomic E-state index is 0.0217. The number of aromatic nitrogens is 1. The maximum absolute atomic E-state index is 12.8. The summed E-state index contributed by atoms with van der Waals surface area (Å²) in [6.07, 6.45) is 8.97. The van der Waals surface area contributed by atoms with E-state index in [2.05, 4.69) is 41.8 Å². The fraction of sp³-hybridized carbons (Fsp3) is 0.250. The molecule has 1 aliphatic carbocycles. The van der Waals surface area contributed by atoms with Gasteiger partial charge < -0.3 is 5.32 Å². The molecule has 4 rings (SSSR count). The zero-order valence-corrected chi connectivity index (χ0v) is 15.5. The first-order valence-corrected chi connectivity index (χ1v) is 9.70. The molecule has 0 fully saturated rings. The van der Waals surface area contributed by atoms with Crippen LogP contribution in [0.25, 0.3) is 0 Å². The van der Waals surface area contributed by atoms with Gasteiger partial charge in [0.05, 0.1) is 6.04 Å². The van der Waals surface area contributed by atoms with E-state index in [0.717, 1.165) is 24.0 Å². The van der Waals surface area contributed by atoms with Gasteiger partial charge in [-0.3, -0.25) is 4.79 Å². The van der Waals surface area contributed by atoms with Crippen LogP contribution in [0.3, 0.4) is 0 Å². The molecule has 1 aromatic heterocycles. The molecular formula is C24H25N2O+. The van der Waals surface area contributed by atoms with Crippen LogP contribution in [-0.4, -0.2) is 5.91 Å². The van der Waals surface area contributed by atoms with E-state index in [1.54, 1.807) is 0 Å². The second-order valence-corrected chi connectivity index (χ2v) is 7.20. The van der Waals surface area contributed by atoms with Gasteiger partial charge in [0, 0.05) is 11.6 Å². The molecule has 0 saturated carbocycles. The van der Waals surface area contributed by atoms with E-state index in [9.17, 15) is 4.79 Å². The minimum atomic E-state index is -0.141. The van der Waals surface area contributed by atoms with Crippen molar-refractivity contribution >= 4 is 5.91 Å². The molecule has 1 aliphatic rings. The Balaban J connectivity index is 1.52. The molecule has 136 valence electrons. The average molecular weight is 357 g/mol. The highest BCUT2D eigenvalue weighted by Crippen LogP contribution is 2.22. The highest BCUT2D eigenvalue weighted by molar-refractivity contribution is 5.75. The van der Waals surface area contributed by atoms with E-state index < -0.39 is 0 Å². The van der Waals surface area contributed by atoms with Gasteiger partial charge in [-0.05, 0) is 42.4 Å². The lowest BCUT2D eigenvalue weighted by molar-refractivity contribution is -0.685. The van der Waals surface area contributed by atoms with Gasteiger partial charge >= 0.3 is 0 Å². The summed E-state index contributed by atoms with van der Waals surface area (Å²) in [4.78, 5) is 12.8. The number of hydrogen-bond acceptors (Lipinski definition) is 1. The van der Waals surface area contributed by atoms with Gasteiger partial charge in [0.2, 0.25) is 6.54 Å². The lowest BCUT2D eigenvalue weighted by Crippen LogP contribution is -2.44. The van der Waals surface area contributed by atoms with E-state index >= 15 is 0 Å². The Morgan fingerprint density at radius 2 is 1.44 bits per heavy atom. The molecule has 0 saturated heterocycles. The predicted molar refractivity (Wildman–Crippen MR) is 106 cm³/mol. The quantitative estimate of drug-likeness (QED) is 0.693. The van der Waals surface area contributed by atoms with Gasteiger partial charge in [-0.15, -0.1) is 0 Å². The molecule has 1 amide bonds. The summed E-state index contributed by atoms with van der Waals surface area (Å²) in [5, 5.41) is 3.22. The minimum Gasteiger partial charge on any atom is -0.340 e. The van der Waals surface area contributed by atoms with Gasteiger partial charge in [0.25, 0.3) is 5.91 Å². The number of benzene rings is 2. The standard InChI is InChI=1S/C24H24N2O/c27-23(18-26-16-15-19-9-7-8-14-22(19)17-26)25-24(20-10-3-1-4-11-20)21-12-5-2-6-13-21/h1-6,10-13,15-17,24H,7-9,14,18H2/p+1. The highest BCUT2D eigenvalue weighted by atomic mass is 16.2. The lowest BCUT2D eigenvalue weighted by atomic mass is 9.93. The number of pyridine rings is 1. The largest absolute Gasteiger partial charge is 0.340 e. The molecule has 0 unspecified atom stereocenters. The summed E-state index contributed by atoms with van der Waals surface area (Å²) in [5.41, 5.74) is 5.00. The van der Waals surface area contributed by atoms with Crippen molar-refractivity contribution in [2.24, 2.45) is 0 Å². The second kappa shape index (κ2) is 8.17. The molecule has 0 aliphatic heterocycles. The van der Waals surface area contributed by atoms with Crippen molar-refractivity contribution in [1.29, 1.82) is 0 Å². The zero-order chi connectivity index (χ0) is 18.5. The van der Waals surface area contributed by atoms with Crippen LogP contribution in [0, 0.1) is 0 Å². The van der Waals surface area contributed by atoms with Crippen LogP contribution in [0.2, 0.25) is 0 Å². The Morgan fingerprint density at radius 1 is 0.852 bits per heavy atom. The molecule has 1 N–H and O–H groups in total. The van der Waals surface area contributed by atoms with Gasteiger partial charge in [-0.25, -0.2) is 0 Å². The Hall–Kier alpha value is -2.94. The van der Waals surface area contributed by atoms with Crippen LogP contribution in [0.4, 0.5) is 0 Å². The molecule has 27 heavy (non-hydrogen) atoms. The number of fused-ring (bicyclic) bond motifs is 1. The van der Waals surface area contributed by atoms with Crippen molar-refractivity contribution in [3.8, 4) is 0 Å². The fourth-order valence-electron chi connectivity index (χ4n) is 3.84. The smallest absolute Gasteiger partial charge is 0.286 e. The molecule has 0 atom stereocenters. The molecule has 1 heterocycles. The van der Waals surface area contributed by atoms with Crippen molar-refractivity contribution in [3.63, 3.8) is 0 Å². The van der Waals surface area contributed by atoms with E-state index in [1.807, 2.05) is 47.2 Å². The predicted octanol–water partition coefficient (Wildman–Crippen LogP) is 3.76. The van der Waals surface area contributed by atoms with Gasteiger partial charge in [-0.2, -0.15) is 4.57 Å². The van der Waals surface area contributed by atoms with Crippen LogP contribution in [0.15, 0.2) is 79.1 Å². The summed E-state index contributed by atoms with van der Waals surface area (Å²) in [5.74, 6) is 0.0217. The van der Waals surface area contributed by atoms with E-state index in [0.29, 0.717) is 6.54 Å². The molecule has 2 aromatic carbocycles. The van der Waals surface area contributed by atoms with Crippen molar-refractivity contribution in [2.45, 2.75) is 38.3 Å². The van der Waals surface area contributed by atoms with Crippen molar-refractivity contribution < 1.29 is 9.36 Å². The van der Waals surface area contributed by atoms with Gasteiger partial charge in [-0.1, -0.05) is 60.7 Å². The first-order chi connectivity index (χ1) is 13.3. The van der Waals surface area contributed by atoms with Crippen LogP contribution in [-0.2, 0) is 24.2 Å². The summed E-state index contributed by atoms with van der Waals surface area (Å²) in [6, 6.07) is 22.3. The number of amides is 1. The van der Waals surface area contributed by atoms with E-state index in [1.165, 1.54) is 24.0 Å². The maximum atomic E-state index is 12.8. The van der Waals surface area contributed by atoms with Crippen molar-refractivity contribution in [3.05, 3.63) is 101 Å². The summed E-state index contributed by atoms with van der Waals surface area (Å²) in [7, 11) is 0. The van der Waals surface area contributed by atoms with Crippen LogP contribution in [0.1, 0.15) is 41.1 Å². The molecule has 3 heteroatoms. The third kappa shape index (κ3) is 4.25. The monoisotopic (exact) mass is 357 g/mol. The molecule has 0 spiro atoms. The Bertz CT molecular complexity index is 867. The summed E-state index contributed by atoms with van der Waals surface area (Å²) < 4.78 is 2.01. The first kappa shape index (κ1) is 17.5. The normalized spacial score (nSPS) is 13.2. The van der Waals surface area contributed by atoms with Crippen LogP contribution < -0.4 is 9.88 Å². The van der Waals surface area contributed by atoms with E-state index in [-0.39, 0.29) is 11.9 Å². The second-order valence-electron chi connectivity index (χ2n) is 7.20. The number of rotatable bonds is 5. The SMILES string of the molecule is O=C(C[n+]1ccc2c(c1)CCCC2)NC(c1ccccc1)c1ccccc1. The van der Waals surface area contributed by atoms with Crippen LogP contribution in [0.5, 0.6) is 0 Å². The first-order valence-electron chi connectivity index (χ1n) is 9.70. The van der Waals surface area contributed by atoms with Crippen molar-refractivity contribution in [1.82, 2.24) is 5.32 Å². The molecule has 0 bridgehead atoms. The third-order valence-corrected chi connectivity index (χ3v) is 5.24. The van der Waals surface area contributed by atoms with Crippen molar-refractivity contribution in [2.75, 3.05) is 0 Å².